The fourth-order valence-electron chi connectivity index (χ4n) is 3.21. The molecule has 0 saturated carbocycles. The van der Waals surface area contributed by atoms with Crippen LogP contribution in [-0.4, -0.2) is 107 Å². The smallest absolute Gasteiger partial charge is 0.404 e. The number of amides is 2. The summed E-state index contributed by atoms with van der Waals surface area (Å²) in [5.74, 6) is -3.13. The molecule has 8 unspecified atom stereocenters. The first-order chi connectivity index (χ1) is 16.3. The second-order valence-electron chi connectivity index (χ2n) is 7.49. The molecule has 1 saturated heterocycles. The molecule has 35 heavy (non-hydrogen) atoms. The minimum absolute atomic E-state index is 0.305. The van der Waals surface area contributed by atoms with Crippen molar-refractivity contribution in [2.24, 2.45) is 11.5 Å². The number of H-pyrrole nitrogens is 1. The summed E-state index contributed by atoms with van der Waals surface area (Å²) in [6, 6.07) is -4.05. The average Bonchev–Trinajstić information content (AvgIpc) is 3.08. The molecule has 1 aliphatic heterocycles. The number of hydrogen-bond acceptors (Lipinski definition) is 13. The lowest BCUT2D eigenvalue weighted by molar-refractivity contribution is -0.150. The lowest BCUT2D eigenvalue weighted by Crippen LogP contribution is -2.60. The molecular formula is C17H25N5O13. The molecule has 2 rings (SSSR count). The highest BCUT2D eigenvalue weighted by molar-refractivity contribution is 5.87. The number of nitrogens with two attached hydrogens (primary N) is 2. The first-order valence-electron chi connectivity index (χ1n) is 9.84. The standard InChI is InChI=1S/C17H25N5O13/c18-6(8(25)5(24)3-34-16(19)32)13(29)20-7(15(30)31)11-9(26)10(27)14(35-11)22-1-4(2-23)12(28)21-17(22)33/h1,5-11,14,23-27H,2-3,18H2,(H2,19,32)(H,20,29)(H,30,31)(H,21,28,33). The van der Waals surface area contributed by atoms with Gasteiger partial charge in [-0.15, -0.1) is 0 Å². The topological polar surface area (TPSA) is 310 Å². The van der Waals surface area contributed by atoms with Gasteiger partial charge in [0.05, 0.1) is 12.2 Å². The molecule has 18 heteroatoms. The van der Waals surface area contributed by atoms with Gasteiger partial charge >= 0.3 is 17.8 Å². The van der Waals surface area contributed by atoms with Gasteiger partial charge in [-0.25, -0.2) is 14.4 Å². The molecule has 2 heterocycles. The highest BCUT2D eigenvalue weighted by Crippen LogP contribution is 2.30. The highest BCUT2D eigenvalue weighted by atomic mass is 16.6. The Balaban J connectivity index is 2.22. The van der Waals surface area contributed by atoms with Gasteiger partial charge in [0.15, 0.2) is 12.3 Å². The Morgan fingerprint density at radius 3 is 2.40 bits per heavy atom. The minimum atomic E-state index is -2.09. The Kier molecular flexibility index (Phi) is 9.04. The number of rotatable bonds is 10. The van der Waals surface area contributed by atoms with Crippen molar-refractivity contribution in [2.45, 2.75) is 55.4 Å². The van der Waals surface area contributed by atoms with Crippen LogP contribution in [0.25, 0.3) is 0 Å². The maximum absolute atomic E-state index is 12.4. The van der Waals surface area contributed by atoms with Crippen molar-refractivity contribution in [2.75, 3.05) is 6.61 Å². The Bertz CT molecular complexity index is 1060. The minimum Gasteiger partial charge on any atom is -0.480 e. The van der Waals surface area contributed by atoms with Crippen LogP contribution in [0.15, 0.2) is 15.8 Å². The fourth-order valence-corrected chi connectivity index (χ4v) is 3.21. The molecule has 1 fully saturated rings. The van der Waals surface area contributed by atoms with Crippen molar-refractivity contribution in [3.63, 3.8) is 0 Å². The van der Waals surface area contributed by atoms with Gasteiger partial charge in [0.25, 0.3) is 5.56 Å². The number of aromatic nitrogens is 2. The van der Waals surface area contributed by atoms with Crippen LogP contribution in [0, 0.1) is 0 Å². The monoisotopic (exact) mass is 507 g/mol. The van der Waals surface area contributed by atoms with E-state index in [0.717, 1.165) is 6.20 Å². The van der Waals surface area contributed by atoms with Gasteiger partial charge in [0.2, 0.25) is 5.91 Å². The van der Waals surface area contributed by atoms with Crippen LogP contribution in [0.4, 0.5) is 4.79 Å². The van der Waals surface area contributed by atoms with E-state index in [4.69, 9.17) is 16.2 Å². The van der Waals surface area contributed by atoms with Crippen molar-refractivity contribution >= 4 is 18.0 Å². The first kappa shape index (κ1) is 27.9. The third kappa shape index (κ3) is 6.19. The number of aromatic amines is 1. The van der Waals surface area contributed by atoms with Gasteiger partial charge in [0.1, 0.15) is 43.2 Å². The summed E-state index contributed by atoms with van der Waals surface area (Å²) >= 11 is 0. The molecule has 1 aliphatic rings. The molecule has 0 aliphatic carbocycles. The van der Waals surface area contributed by atoms with E-state index in [-0.39, 0.29) is 5.56 Å². The van der Waals surface area contributed by atoms with E-state index in [9.17, 15) is 54.6 Å². The number of carbonyl (C=O) groups is 3. The second-order valence-corrected chi connectivity index (χ2v) is 7.49. The summed E-state index contributed by atoms with van der Waals surface area (Å²) in [4.78, 5) is 60.3. The lowest BCUT2D eigenvalue weighted by atomic mass is 10.0. The van der Waals surface area contributed by atoms with Crippen LogP contribution >= 0.6 is 0 Å². The highest BCUT2D eigenvalue weighted by Gasteiger charge is 2.50. The first-order valence-corrected chi connectivity index (χ1v) is 9.84. The van der Waals surface area contributed by atoms with Crippen LogP contribution in [-0.2, 0) is 25.7 Å². The molecule has 8 atom stereocenters. The van der Waals surface area contributed by atoms with E-state index in [2.05, 4.69) is 4.74 Å². The summed E-state index contributed by atoms with van der Waals surface area (Å²) < 4.78 is 10.2. The van der Waals surface area contributed by atoms with Crippen molar-refractivity contribution in [3.05, 3.63) is 32.6 Å². The molecule has 18 nitrogen and oxygen atoms in total. The number of carboxylic acid groups (broad SMARTS) is 1. The number of aliphatic hydroxyl groups excluding tert-OH is 5. The van der Waals surface area contributed by atoms with Crippen LogP contribution in [0.5, 0.6) is 0 Å². The van der Waals surface area contributed by atoms with E-state index in [1.54, 1.807) is 0 Å². The number of nitrogens with zero attached hydrogens (tertiary/aromatic N) is 1. The number of carbonyl (C=O) groups excluding carboxylic acids is 2. The van der Waals surface area contributed by atoms with Gasteiger partial charge in [-0.2, -0.15) is 0 Å². The molecule has 12 N–H and O–H groups in total. The molecule has 2 amide bonds. The van der Waals surface area contributed by atoms with Crippen molar-refractivity contribution in [3.8, 4) is 0 Å². The molecule has 0 aromatic carbocycles. The number of aliphatic carboxylic acids is 1. The largest absolute Gasteiger partial charge is 0.480 e. The van der Waals surface area contributed by atoms with Crippen LogP contribution in [0.2, 0.25) is 0 Å². The van der Waals surface area contributed by atoms with Gasteiger partial charge in [-0.05, 0) is 0 Å². The van der Waals surface area contributed by atoms with E-state index < -0.39 is 91.3 Å². The number of hydrogen-bond donors (Lipinski definition) is 10. The van der Waals surface area contributed by atoms with Gasteiger partial charge in [-0.3, -0.25) is 19.1 Å². The van der Waals surface area contributed by atoms with Gasteiger partial charge in [-0.1, -0.05) is 0 Å². The number of aliphatic hydroxyl groups is 5. The van der Waals surface area contributed by atoms with Crippen LogP contribution in [0.1, 0.15) is 11.8 Å². The zero-order valence-electron chi connectivity index (χ0n) is 17.8. The maximum Gasteiger partial charge on any atom is 0.404 e. The SMILES string of the molecule is NC(=O)OCC(O)C(O)C(N)C(=O)NC(C(=O)O)C1OC(n2cc(CO)c(=O)[nH]c2=O)C(O)C1O. The van der Waals surface area contributed by atoms with Gasteiger partial charge in [0, 0.05) is 6.20 Å². The van der Waals surface area contributed by atoms with E-state index >= 15 is 0 Å². The zero-order valence-corrected chi connectivity index (χ0v) is 17.8. The molecule has 0 radical (unpaired) electrons. The second kappa shape index (κ2) is 11.4. The number of primary amides is 1. The predicted molar refractivity (Wildman–Crippen MR) is 108 cm³/mol. The molecule has 1 aromatic rings. The third-order valence-corrected chi connectivity index (χ3v) is 5.11. The summed E-state index contributed by atoms with van der Waals surface area (Å²) in [5.41, 5.74) is 7.89. The fraction of sp³-hybridized carbons (Fsp3) is 0.588. The number of carboxylic acids is 1. The molecule has 0 bridgehead atoms. The molecule has 196 valence electrons. The summed E-state index contributed by atoms with van der Waals surface area (Å²) in [6.07, 6.45) is -11.9. The maximum atomic E-state index is 12.4. The molecule has 0 spiro atoms. The average molecular weight is 507 g/mol. The number of nitrogens with one attached hydrogen (secondary N) is 2. The Morgan fingerprint density at radius 1 is 1.23 bits per heavy atom. The van der Waals surface area contributed by atoms with E-state index in [1.807, 2.05) is 10.3 Å². The van der Waals surface area contributed by atoms with Crippen LogP contribution < -0.4 is 28.0 Å². The third-order valence-electron chi connectivity index (χ3n) is 5.11. The Hall–Kier alpha value is -3.39. The van der Waals surface area contributed by atoms with Crippen molar-refractivity contribution in [1.82, 2.24) is 14.9 Å². The Labute approximate surface area is 194 Å². The molecular weight excluding hydrogens is 482 g/mol. The number of ether oxygens (including phenoxy) is 2. The summed E-state index contributed by atoms with van der Waals surface area (Å²) in [6.45, 7) is -1.63. The van der Waals surface area contributed by atoms with Crippen LogP contribution in [0.3, 0.4) is 0 Å². The van der Waals surface area contributed by atoms with E-state index in [1.165, 1.54) is 0 Å². The predicted octanol–water partition coefficient (Wildman–Crippen LogP) is -6.64. The lowest BCUT2D eigenvalue weighted by Gasteiger charge is -2.27. The summed E-state index contributed by atoms with van der Waals surface area (Å²) in [5, 5.41) is 61.0. The Morgan fingerprint density at radius 2 is 1.86 bits per heavy atom. The van der Waals surface area contributed by atoms with E-state index in [0.29, 0.717) is 4.57 Å². The van der Waals surface area contributed by atoms with Gasteiger partial charge < -0.3 is 56.9 Å². The van der Waals surface area contributed by atoms with Crippen molar-refractivity contribution in [1.29, 1.82) is 0 Å². The van der Waals surface area contributed by atoms with Crippen molar-refractivity contribution < 1.29 is 54.5 Å². The normalized spacial score (nSPS) is 25.3. The summed E-state index contributed by atoms with van der Waals surface area (Å²) in [7, 11) is 0. The molecule has 1 aromatic heterocycles. The zero-order chi connectivity index (χ0) is 26.6. The quantitative estimate of drug-likeness (QED) is 0.141.